The van der Waals surface area contributed by atoms with Crippen LogP contribution in [0.4, 0.5) is 8.78 Å². The molecule has 0 aromatic heterocycles. The molecule has 0 bridgehead atoms. The van der Waals surface area contributed by atoms with E-state index >= 15 is 0 Å². The second-order valence-electron chi connectivity index (χ2n) is 2.71. The summed E-state index contributed by atoms with van der Waals surface area (Å²) < 4.78 is 30.4. The van der Waals surface area contributed by atoms with Crippen molar-refractivity contribution in [2.75, 3.05) is 6.61 Å². The summed E-state index contributed by atoms with van der Waals surface area (Å²) in [5, 5.41) is 8.25. The summed E-state index contributed by atoms with van der Waals surface area (Å²) in [6, 6.07) is 1.78. The Hall–Kier alpha value is -1.65. The van der Waals surface area contributed by atoms with Gasteiger partial charge in [-0.05, 0) is 18.6 Å². The van der Waals surface area contributed by atoms with E-state index in [0.29, 0.717) is 0 Å². The smallest absolute Gasteiger partial charge is 0.341 e. The fourth-order valence-corrected chi connectivity index (χ4v) is 0.878. The summed E-state index contributed by atoms with van der Waals surface area (Å²) in [5.74, 6) is -3.04. The highest BCUT2D eigenvalue weighted by molar-refractivity contribution is 5.68. The van der Waals surface area contributed by atoms with Crippen LogP contribution < -0.4 is 4.74 Å². The van der Waals surface area contributed by atoms with Gasteiger partial charge in [-0.25, -0.2) is 13.6 Å². The first-order valence-electron chi connectivity index (χ1n) is 3.81. The lowest BCUT2D eigenvalue weighted by atomic mass is 10.2. The standard InChI is InChI=1S/C9H8F2O3/c1-5-2-7(11)8(3-6(5)10)14-4-9(12)13/h2-3H,4H2,1H3,(H,12,13). The molecule has 14 heavy (non-hydrogen) atoms. The molecule has 0 atom stereocenters. The second kappa shape index (κ2) is 4.04. The molecule has 0 spiro atoms. The molecule has 76 valence electrons. The first kappa shape index (κ1) is 10.4. The van der Waals surface area contributed by atoms with Gasteiger partial charge in [0, 0.05) is 6.07 Å². The Morgan fingerprint density at radius 1 is 1.43 bits per heavy atom. The minimum Gasteiger partial charge on any atom is -0.479 e. The molecule has 0 saturated heterocycles. The lowest BCUT2D eigenvalue weighted by Crippen LogP contribution is -2.10. The van der Waals surface area contributed by atoms with Crippen LogP contribution in [0.1, 0.15) is 5.56 Å². The van der Waals surface area contributed by atoms with Gasteiger partial charge >= 0.3 is 5.97 Å². The van der Waals surface area contributed by atoms with E-state index in [1.165, 1.54) is 6.92 Å². The molecule has 0 aliphatic rings. The summed E-state index contributed by atoms with van der Waals surface area (Å²) in [6.45, 7) is 0.707. The van der Waals surface area contributed by atoms with E-state index in [-0.39, 0.29) is 5.56 Å². The van der Waals surface area contributed by atoms with Crippen molar-refractivity contribution in [3.05, 3.63) is 29.3 Å². The molecule has 0 saturated carbocycles. The Bertz CT molecular complexity index is 363. The number of aryl methyl sites for hydroxylation is 1. The number of hydrogen-bond donors (Lipinski definition) is 1. The van der Waals surface area contributed by atoms with Gasteiger partial charge < -0.3 is 9.84 Å². The van der Waals surface area contributed by atoms with Gasteiger partial charge in [0.2, 0.25) is 0 Å². The summed E-state index contributed by atoms with van der Waals surface area (Å²) in [6.07, 6.45) is 0. The molecule has 0 aliphatic carbocycles. The van der Waals surface area contributed by atoms with Crippen LogP contribution in [-0.2, 0) is 4.79 Å². The molecular weight excluding hydrogens is 194 g/mol. The zero-order chi connectivity index (χ0) is 10.7. The highest BCUT2D eigenvalue weighted by atomic mass is 19.1. The molecule has 0 unspecified atom stereocenters. The average Bonchev–Trinajstić information content (AvgIpc) is 2.09. The van der Waals surface area contributed by atoms with Crippen LogP contribution in [0.25, 0.3) is 0 Å². The van der Waals surface area contributed by atoms with Crippen LogP contribution in [0, 0.1) is 18.6 Å². The van der Waals surface area contributed by atoms with Crippen LogP contribution in [0.5, 0.6) is 5.75 Å². The van der Waals surface area contributed by atoms with Gasteiger partial charge in [-0.15, -0.1) is 0 Å². The molecule has 0 aliphatic heterocycles. The van der Waals surface area contributed by atoms with Crippen LogP contribution in [0.2, 0.25) is 0 Å². The van der Waals surface area contributed by atoms with Gasteiger partial charge in [0.1, 0.15) is 5.82 Å². The van der Waals surface area contributed by atoms with Gasteiger partial charge in [-0.3, -0.25) is 0 Å². The van der Waals surface area contributed by atoms with Gasteiger partial charge in [0.25, 0.3) is 0 Å². The Morgan fingerprint density at radius 2 is 2.07 bits per heavy atom. The van der Waals surface area contributed by atoms with E-state index < -0.39 is 30.0 Å². The first-order valence-corrected chi connectivity index (χ1v) is 3.81. The second-order valence-corrected chi connectivity index (χ2v) is 2.71. The number of carbonyl (C=O) groups is 1. The summed E-state index contributed by atoms with van der Waals surface area (Å²) >= 11 is 0. The van der Waals surface area contributed by atoms with Crippen molar-refractivity contribution >= 4 is 5.97 Å². The van der Waals surface area contributed by atoms with Crippen LogP contribution >= 0.6 is 0 Å². The number of rotatable bonds is 3. The third-order valence-electron chi connectivity index (χ3n) is 1.56. The lowest BCUT2D eigenvalue weighted by molar-refractivity contribution is -0.139. The SMILES string of the molecule is Cc1cc(F)c(OCC(=O)O)cc1F. The predicted molar refractivity (Wildman–Crippen MR) is 44.2 cm³/mol. The maximum absolute atomic E-state index is 13.0. The van der Waals surface area contributed by atoms with Crippen molar-refractivity contribution in [2.24, 2.45) is 0 Å². The van der Waals surface area contributed by atoms with Crippen molar-refractivity contribution in [2.45, 2.75) is 6.92 Å². The number of ether oxygens (including phenoxy) is 1. The fraction of sp³-hybridized carbons (Fsp3) is 0.222. The normalized spacial score (nSPS) is 9.93. The zero-order valence-electron chi connectivity index (χ0n) is 7.38. The third-order valence-corrected chi connectivity index (χ3v) is 1.56. The van der Waals surface area contributed by atoms with E-state index in [1.54, 1.807) is 0 Å². The molecule has 0 fully saturated rings. The number of hydrogen-bond acceptors (Lipinski definition) is 2. The van der Waals surface area contributed by atoms with E-state index in [1.807, 2.05) is 0 Å². The summed E-state index contributed by atoms with van der Waals surface area (Å²) in [7, 11) is 0. The number of carboxylic acids is 1. The fourth-order valence-electron chi connectivity index (χ4n) is 0.878. The monoisotopic (exact) mass is 202 g/mol. The summed E-state index contributed by atoms with van der Waals surface area (Å²) in [5.41, 5.74) is 0.144. The Kier molecular flexibility index (Phi) is 3.01. The minimum absolute atomic E-state index is 0.144. The van der Waals surface area contributed by atoms with E-state index in [4.69, 9.17) is 5.11 Å². The Labute approximate surface area is 78.9 Å². The maximum atomic E-state index is 13.0. The minimum atomic E-state index is -1.25. The van der Waals surface area contributed by atoms with E-state index in [0.717, 1.165) is 12.1 Å². The van der Waals surface area contributed by atoms with Crippen molar-refractivity contribution in [3.63, 3.8) is 0 Å². The van der Waals surface area contributed by atoms with Gasteiger partial charge in [0.05, 0.1) is 0 Å². The molecule has 1 aromatic rings. The molecule has 1 rings (SSSR count). The zero-order valence-corrected chi connectivity index (χ0v) is 7.38. The highest BCUT2D eigenvalue weighted by Gasteiger charge is 2.09. The molecule has 1 aromatic carbocycles. The van der Waals surface area contributed by atoms with Gasteiger partial charge in [-0.1, -0.05) is 0 Å². The van der Waals surface area contributed by atoms with Crippen LogP contribution in [-0.4, -0.2) is 17.7 Å². The van der Waals surface area contributed by atoms with Crippen molar-refractivity contribution < 1.29 is 23.4 Å². The highest BCUT2D eigenvalue weighted by Crippen LogP contribution is 2.20. The largest absolute Gasteiger partial charge is 0.479 e. The number of halogens is 2. The number of benzene rings is 1. The maximum Gasteiger partial charge on any atom is 0.341 e. The van der Waals surface area contributed by atoms with Crippen LogP contribution in [0.15, 0.2) is 12.1 Å². The molecule has 1 N–H and O–H groups in total. The van der Waals surface area contributed by atoms with Crippen molar-refractivity contribution in [3.8, 4) is 5.75 Å². The summed E-state index contributed by atoms with van der Waals surface area (Å²) in [4.78, 5) is 10.1. The Morgan fingerprint density at radius 3 is 2.64 bits per heavy atom. The molecule has 0 heterocycles. The van der Waals surface area contributed by atoms with E-state index in [9.17, 15) is 13.6 Å². The topological polar surface area (TPSA) is 46.5 Å². The van der Waals surface area contributed by atoms with Crippen molar-refractivity contribution in [1.82, 2.24) is 0 Å². The van der Waals surface area contributed by atoms with Gasteiger partial charge in [-0.2, -0.15) is 0 Å². The number of aliphatic carboxylic acids is 1. The molecule has 3 nitrogen and oxygen atoms in total. The molecular formula is C9H8F2O3. The average molecular weight is 202 g/mol. The molecule has 5 heteroatoms. The predicted octanol–water partition coefficient (Wildman–Crippen LogP) is 1.74. The third kappa shape index (κ3) is 2.42. The Balaban J connectivity index is 2.87. The van der Waals surface area contributed by atoms with Crippen LogP contribution in [0.3, 0.4) is 0 Å². The van der Waals surface area contributed by atoms with E-state index in [2.05, 4.69) is 4.74 Å². The van der Waals surface area contributed by atoms with Gasteiger partial charge in [0.15, 0.2) is 18.2 Å². The molecule has 0 radical (unpaired) electrons. The number of carboxylic acid groups (broad SMARTS) is 1. The lowest BCUT2D eigenvalue weighted by Gasteiger charge is -2.05. The molecule has 0 amide bonds. The van der Waals surface area contributed by atoms with Crippen molar-refractivity contribution in [1.29, 1.82) is 0 Å². The quantitative estimate of drug-likeness (QED) is 0.811. The first-order chi connectivity index (χ1) is 6.50.